The van der Waals surface area contributed by atoms with E-state index in [9.17, 15) is 8.42 Å². The molecule has 0 spiro atoms. The van der Waals surface area contributed by atoms with E-state index in [0.717, 1.165) is 0 Å². The lowest BCUT2D eigenvalue weighted by Crippen LogP contribution is -2.29. The van der Waals surface area contributed by atoms with Gasteiger partial charge in [-0.1, -0.05) is 18.2 Å². The zero-order valence-corrected chi connectivity index (χ0v) is 11.3. The highest BCUT2D eigenvalue weighted by molar-refractivity contribution is 7.92. The smallest absolute Gasteiger partial charge is 0.257 e. The number of nitrogens with one attached hydrogen (secondary N) is 2. The Bertz CT molecular complexity index is 411. The molecule has 0 heterocycles. The molecule has 1 aromatic carbocycles. The van der Waals surface area contributed by atoms with Crippen molar-refractivity contribution < 1.29 is 13.2 Å². The van der Waals surface area contributed by atoms with Gasteiger partial charge in [-0.3, -0.25) is 10.0 Å². The van der Waals surface area contributed by atoms with Gasteiger partial charge in [0.2, 0.25) is 0 Å². The summed E-state index contributed by atoms with van der Waals surface area (Å²) in [5.74, 6) is -0.371. The van der Waals surface area contributed by atoms with Gasteiger partial charge >= 0.3 is 0 Å². The predicted molar refractivity (Wildman–Crippen MR) is 70.7 cm³/mol. The molecule has 5 nitrogen and oxygen atoms in total. The Labute approximate surface area is 108 Å². The van der Waals surface area contributed by atoms with Crippen LogP contribution in [0.15, 0.2) is 30.3 Å². The van der Waals surface area contributed by atoms with E-state index >= 15 is 0 Å². The maximum absolute atomic E-state index is 11.6. The molecule has 0 aliphatic carbocycles. The van der Waals surface area contributed by atoms with Crippen LogP contribution >= 0.6 is 12.4 Å². The average molecular weight is 281 g/mol. The molecule has 0 fully saturated rings. The van der Waals surface area contributed by atoms with Gasteiger partial charge in [-0.2, -0.15) is 0 Å². The standard InChI is InChI=1S/C10H16N2O3S.ClH/c1-9(11-2)15-8-16(13,14)12-10-6-4-3-5-7-10;/h3-7,9,11-12H,8H2,1-2H3;1H. The number of benzene rings is 1. The summed E-state index contributed by atoms with van der Waals surface area (Å²) in [5.41, 5.74) is 0.531. The van der Waals surface area contributed by atoms with Crippen LogP contribution in [0.1, 0.15) is 6.92 Å². The van der Waals surface area contributed by atoms with Crippen LogP contribution in [0.3, 0.4) is 0 Å². The molecule has 0 saturated heterocycles. The van der Waals surface area contributed by atoms with Crippen molar-refractivity contribution in [3.05, 3.63) is 30.3 Å². The van der Waals surface area contributed by atoms with Crippen molar-refractivity contribution in [2.75, 3.05) is 17.7 Å². The van der Waals surface area contributed by atoms with Gasteiger partial charge in [0.05, 0.1) is 0 Å². The number of para-hydroxylation sites is 1. The fraction of sp³-hybridized carbons (Fsp3) is 0.400. The molecule has 0 bridgehead atoms. The predicted octanol–water partition coefficient (Wildman–Crippen LogP) is 1.39. The number of ether oxygens (including phenoxy) is 1. The van der Waals surface area contributed by atoms with Crippen molar-refractivity contribution >= 4 is 28.1 Å². The largest absolute Gasteiger partial charge is 0.346 e. The molecule has 1 aromatic rings. The second-order valence-corrected chi connectivity index (χ2v) is 4.97. The first-order valence-electron chi connectivity index (χ1n) is 4.88. The van der Waals surface area contributed by atoms with Crippen molar-refractivity contribution in [2.24, 2.45) is 0 Å². The van der Waals surface area contributed by atoms with Crippen LogP contribution in [0.5, 0.6) is 0 Å². The SMILES string of the molecule is CNC(C)OCS(=O)(=O)Nc1ccccc1.Cl. The molecule has 98 valence electrons. The molecule has 2 N–H and O–H groups in total. The zero-order chi connectivity index (χ0) is 12.0. The van der Waals surface area contributed by atoms with Gasteiger partial charge in [-0.05, 0) is 26.1 Å². The highest BCUT2D eigenvalue weighted by atomic mass is 35.5. The quantitative estimate of drug-likeness (QED) is 0.773. The average Bonchev–Trinajstić information content (AvgIpc) is 2.27. The van der Waals surface area contributed by atoms with Crippen molar-refractivity contribution in [3.8, 4) is 0 Å². The molecular weight excluding hydrogens is 264 g/mol. The normalized spacial score (nSPS) is 12.6. The lowest BCUT2D eigenvalue weighted by molar-refractivity contribution is 0.0806. The van der Waals surface area contributed by atoms with E-state index in [1.165, 1.54) is 0 Å². The van der Waals surface area contributed by atoms with Gasteiger partial charge in [0.15, 0.2) is 5.94 Å². The van der Waals surface area contributed by atoms with Gasteiger partial charge in [-0.25, -0.2) is 8.42 Å². The van der Waals surface area contributed by atoms with Crippen molar-refractivity contribution in [1.82, 2.24) is 5.32 Å². The first kappa shape index (κ1) is 16.2. The topological polar surface area (TPSA) is 67.4 Å². The molecule has 0 saturated carbocycles. The van der Waals surface area contributed by atoms with Crippen LogP contribution in [0.2, 0.25) is 0 Å². The Morgan fingerprint density at radius 1 is 1.29 bits per heavy atom. The molecule has 7 heteroatoms. The molecule has 0 amide bonds. The molecular formula is C10H17ClN2O3S. The molecule has 1 unspecified atom stereocenters. The second-order valence-electron chi connectivity index (χ2n) is 3.30. The van der Waals surface area contributed by atoms with Crippen LogP contribution in [0, 0.1) is 0 Å². The minimum Gasteiger partial charge on any atom is -0.346 e. The Hall–Kier alpha value is -0.820. The Kier molecular flexibility index (Phi) is 7.13. The van der Waals surface area contributed by atoms with Crippen molar-refractivity contribution in [1.29, 1.82) is 0 Å². The molecule has 0 aliphatic heterocycles. The van der Waals surface area contributed by atoms with E-state index in [4.69, 9.17) is 4.74 Å². The molecule has 0 aliphatic rings. The summed E-state index contributed by atoms with van der Waals surface area (Å²) in [6, 6.07) is 8.69. The Morgan fingerprint density at radius 3 is 2.41 bits per heavy atom. The summed E-state index contributed by atoms with van der Waals surface area (Å²) in [5, 5.41) is 2.79. The van der Waals surface area contributed by atoms with Crippen LogP contribution in [0.4, 0.5) is 5.69 Å². The van der Waals surface area contributed by atoms with Crippen LogP contribution in [0.25, 0.3) is 0 Å². The molecule has 1 rings (SSSR count). The third kappa shape index (κ3) is 6.48. The first-order chi connectivity index (χ1) is 7.53. The third-order valence-electron chi connectivity index (χ3n) is 1.93. The monoisotopic (exact) mass is 280 g/mol. The maximum atomic E-state index is 11.6. The lowest BCUT2D eigenvalue weighted by atomic mass is 10.3. The molecule has 0 aromatic heterocycles. The zero-order valence-electron chi connectivity index (χ0n) is 9.71. The lowest BCUT2D eigenvalue weighted by Gasteiger charge is -2.13. The third-order valence-corrected chi connectivity index (χ3v) is 2.92. The summed E-state index contributed by atoms with van der Waals surface area (Å²) in [7, 11) is -1.76. The van der Waals surface area contributed by atoms with E-state index in [-0.39, 0.29) is 24.6 Å². The number of hydrogen-bond donors (Lipinski definition) is 2. The summed E-state index contributed by atoms with van der Waals surface area (Å²) in [6.45, 7) is 1.73. The van der Waals surface area contributed by atoms with Gasteiger partial charge < -0.3 is 4.74 Å². The second kappa shape index (κ2) is 7.50. The van der Waals surface area contributed by atoms with Gasteiger partial charge in [-0.15, -0.1) is 12.4 Å². The summed E-state index contributed by atoms with van der Waals surface area (Å²) >= 11 is 0. The van der Waals surface area contributed by atoms with E-state index < -0.39 is 10.0 Å². The highest BCUT2D eigenvalue weighted by Crippen LogP contribution is 2.08. The van der Waals surface area contributed by atoms with Crippen LogP contribution < -0.4 is 10.0 Å². The van der Waals surface area contributed by atoms with Gasteiger partial charge in [0.25, 0.3) is 10.0 Å². The summed E-state index contributed by atoms with van der Waals surface area (Å²) in [4.78, 5) is 0. The van der Waals surface area contributed by atoms with E-state index in [1.807, 2.05) is 6.07 Å². The number of rotatable bonds is 6. The maximum Gasteiger partial charge on any atom is 0.257 e. The molecule has 0 radical (unpaired) electrons. The van der Waals surface area contributed by atoms with E-state index in [1.54, 1.807) is 38.2 Å². The van der Waals surface area contributed by atoms with Crippen molar-refractivity contribution in [3.63, 3.8) is 0 Å². The van der Waals surface area contributed by atoms with Crippen molar-refractivity contribution in [2.45, 2.75) is 13.2 Å². The number of anilines is 1. The molecule has 1 atom stereocenters. The van der Waals surface area contributed by atoms with Gasteiger partial charge in [0.1, 0.15) is 6.23 Å². The van der Waals surface area contributed by atoms with Gasteiger partial charge in [0, 0.05) is 5.69 Å². The minimum absolute atomic E-state index is 0. The Morgan fingerprint density at radius 2 is 1.88 bits per heavy atom. The first-order valence-corrected chi connectivity index (χ1v) is 6.53. The van der Waals surface area contributed by atoms with Crippen LogP contribution in [-0.4, -0.2) is 27.6 Å². The fourth-order valence-electron chi connectivity index (χ4n) is 0.990. The summed E-state index contributed by atoms with van der Waals surface area (Å²) in [6.07, 6.45) is -0.299. The van der Waals surface area contributed by atoms with E-state index in [0.29, 0.717) is 5.69 Å². The number of hydrogen-bond acceptors (Lipinski definition) is 4. The minimum atomic E-state index is -3.45. The number of halogens is 1. The highest BCUT2D eigenvalue weighted by Gasteiger charge is 2.11. The number of sulfonamides is 1. The Balaban J connectivity index is 0.00000256. The summed E-state index contributed by atoms with van der Waals surface area (Å²) < 4.78 is 30.6. The van der Waals surface area contributed by atoms with Crippen LogP contribution in [-0.2, 0) is 14.8 Å². The fourth-order valence-corrected chi connectivity index (χ4v) is 1.93. The van der Waals surface area contributed by atoms with E-state index in [2.05, 4.69) is 10.0 Å². The molecule has 17 heavy (non-hydrogen) atoms.